The number of hydrogen-bond acceptors (Lipinski definition) is 6. The van der Waals surface area contributed by atoms with Gasteiger partial charge in [-0.05, 0) is 109 Å². The molecule has 0 aromatic carbocycles. The quantitative estimate of drug-likeness (QED) is 0.0205. The number of phosphoric acid groups is 1. The highest BCUT2D eigenvalue weighted by atomic mass is 31.2. The number of allylic oxidation sites excluding steroid dienone is 15. The average molecular weight is 1210 g/mol. The summed E-state index contributed by atoms with van der Waals surface area (Å²) in [6.07, 6.45) is 87.1. The number of unbranched alkanes of at least 4 members (excludes halogenated alkanes) is 34. The second kappa shape index (κ2) is 63.9. The molecular formula is C75H136N2O7P+. The van der Waals surface area contributed by atoms with Crippen molar-refractivity contribution < 1.29 is 37.3 Å². The van der Waals surface area contributed by atoms with Gasteiger partial charge < -0.3 is 19.4 Å². The van der Waals surface area contributed by atoms with Gasteiger partial charge in [0.2, 0.25) is 5.91 Å². The van der Waals surface area contributed by atoms with Gasteiger partial charge in [0.05, 0.1) is 33.8 Å². The summed E-state index contributed by atoms with van der Waals surface area (Å²) in [6.45, 7) is 6.89. The zero-order valence-corrected chi connectivity index (χ0v) is 57.2. The molecule has 0 bridgehead atoms. The number of amides is 1. The topological polar surface area (TPSA) is 111 Å². The van der Waals surface area contributed by atoms with Gasteiger partial charge in [-0.1, -0.05) is 292 Å². The van der Waals surface area contributed by atoms with Crippen LogP contribution in [-0.4, -0.2) is 74.3 Å². The molecule has 0 aliphatic rings. The molecule has 0 heterocycles. The second-order valence-corrected chi connectivity index (χ2v) is 26.5. The summed E-state index contributed by atoms with van der Waals surface area (Å²) in [6, 6.07) is -0.867. The molecule has 0 aromatic heterocycles. The smallest absolute Gasteiger partial charge is 0.456 e. The first-order valence-corrected chi connectivity index (χ1v) is 37.1. The van der Waals surface area contributed by atoms with Crippen molar-refractivity contribution in [3.05, 3.63) is 97.2 Å². The Hall–Kier alpha value is -3.07. The maximum atomic E-state index is 13.6. The van der Waals surface area contributed by atoms with E-state index >= 15 is 0 Å². The van der Waals surface area contributed by atoms with Crippen LogP contribution in [0.5, 0.6) is 0 Å². The number of rotatable bonds is 64. The summed E-state index contributed by atoms with van der Waals surface area (Å²) in [5, 5.41) is 3.05. The fraction of sp³-hybridized carbons (Fsp3) is 0.760. The largest absolute Gasteiger partial charge is 0.472 e. The molecule has 3 atom stereocenters. The van der Waals surface area contributed by atoms with E-state index in [1.807, 2.05) is 33.3 Å². The fourth-order valence-electron chi connectivity index (χ4n) is 10.1. The van der Waals surface area contributed by atoms with Crippen LogP contribution in [0.3, 0.4) is 0 Å². The minimum Gasteiger partial charge on any atom is -0.456 e. The van der Waals surface area contributed by atoms with Crippen LogP contribution in [0.25, 0.3) is 0 Å². The van der Waals surface area contributed by atoms with Gasteiger partial charge in [-0.2, -0.15) is 0 Å². The van der Waals surface area contributed by atoms with Crippen molar-refractivity contribution in [2.24, 2.45) is 0 Å². The van der Waals surface area contributed by atoms with E-state index in [0.717, 1.165) is 103 Å². The number of phosphoric ester groups is 1. The van der Waals surface area contributed by atoms with Gasteiger partial charge >= 0.3 is 13.8 Å². The van der Waals surface area contributed by atoms with Crippen molar-refractivity contribution in [2.75, 3.05) is 40.9 Å². The summed E-state index contributed by atoms with van der Waals surface area (Å²) in [4.78, 5) is 37.9. The van der Waals surface area contributed by atoms with Crippen LogP contribution < -0.4 is 5.32 Å². The molecule has 492 valence electrons. The number of carbonyl (C=O) groups is 2. The molecular weight excluding hydrogens is 1070 g/mol. The van der Waals surface area contributed by atoms with Crippen LogP contribution in [0.4, 0.5) is 0 Å². The molecule has 0 aromatic rings. The lowest BCUT2D eigenvalue weighted by atomic mass is 10.0. The number of quaternary nitrogens is 1. The lowest BCUT2D eigenvalue weighted by Crippen LogP contribution is -2.47. The molecule has 1 amide bonds. The van der Waals surface area contributed by atoms with Crippen molar-refractivity contribution in [3.8, 4) is 0 Å². The summed E-state index contributed by atoms with van der Waals surface area (Å²) in [5.74, 6) is -0.530. The van der Waals surface area contributed by atoms with Crippen molar-refractivity contribution in [1.82, 2.24) is 5.32 Å². The van der Waals surface area contributed by atoms with Crippen LogP contribution in [0.15, 0.2) is 97.2 Å². The zero-order chi connectivity index (χ0) is 62.1. The van der Waals surface area contributed by atoms with Gasteiger partial charge in [-0.3, -0.25) is 18.6 Å². The number of esters is 1. The Morgan fingerprint density at radius 2 is 0.753 bits per heavy atom. The van der Waals surface area contributed by atoms with E-state index in [1.54, 1.807) is 0 Å². The monoisotopic (exact) mass is 1210 g/mol. The molecule has 9 nitrogen and oxygen atoms in total. The SMILES string of the molecule is CC/C=C\C/C=C\C/C=C\C/C=C\C/C=C\C/C=C\CCCCCCC(=O)NC(COP(=O)(O)OCC[N+](C)(C)C)C(/C=C/CCCCCCCCCCC)OC(=O)CCCCCCCCCCCCCCCCC/C=C/CCCCCCCC. The van der Waals surface area contributed by atoms with Crippen LogP contribution in [0.1, 0.15) is 316 Å². The van der Waals surface area contributed by atoms with E-state index in [1.165, 1.54) is 173 Å². The van der Waals surface area contributed by atoms with Crippen molar-refractivity contribution in [3.63, 3.8) is 0 Å². The molecule has 2 N–H and O–H groups in total. The first kappa shape index (κ1) is 81.9. The van der Waals surface area contributed by atoms with E-state index in [4.69, 9.17) is 13.8 Å². The van der Waals surface area contributed by atoms with E-state index in [-0.39, 0.29) is 31.5 Å². The third kappa shape index (κ3) is 65.2. The standard InChI is InChI=1S/C75H135N2O7P/c1-7-10-13-16-19-22-25-27-29-31-33-35-37-38-40-42-44-46-48-50-53-56-59-62-65-68-75(79)84-73(66-63-60-57-54-51-24-21-18-15-12-9-3)72(71-83-85(80,81)82-70-69-77(4,5)6)76-74(78)67-64-61-58-55-52-49-47-45-43-41-39-36-34-32-30-28-26-23-20-17-14-11-8-2/h11,14,20,23,27-30,34,36,41,43,47,49,63,66,72-73H,7-10,12-13,15-19,21-22,24-26,31-33,35,37-40,42,44-46,48,50-62,64-65,67-71H2,1-6H3,(H-,76,78,80,81)/p+1/b14-11-,23-20-,29-27+,30-28-,36-34-,43-41-,49-47-,66-63+. The van der Waals surface area contributed by atoms with Crippen LogP contribution in [0.2, 0.25) is 0 Å². The molecule has 3 unspecified atom stereocenters. The first-order chi connectivity index (χ1) is 41.4. The first-order valence-electron chi connectivity index (χ1n) is 35.6. The van der Waals surface area contributed by atoms with Gasteiger partial charge in [-0.15, -0.1) is 0 Å². The molecule has 10 heteroatoms. The predicted octanol–water partition coefficient (Wildman–Crippen LogP) is 22.7. The second-order valence-electron chi connectivity index (χ2n) is 25.0. The van der Waals surface area contributed by atoms with E-state index in [9.17, 15) is 19.0 Å². The number of ether oxygens (including phenoxy) is 1. The Labute approximate surface area is 526 Å². The summed E-state index contributed by atoms with van der Waals surface area (Å²) < 4.78 is 30.8. The number of nitrogens with one attached hydrogen (secondary N) is 1. The third-order valence-electron chi connectivity index (χ3n) is 15.5. The van der Waals surface area contributed by atoms with Gasteiger partial charge in [-0.25, -0.2) is 4.57 Å². The summed E-state index contributed by atoms with van der Waals surface area (Å²) >= 11 is 0. The Morgan fingerprint density at radius 1 is 0.424 bits per heavy atom. The third-order valence-corrected chi connectivity index (χ3v) is 16.5. The van der Waals surface area contributed by atoms with Crippen LogP contribution in [-0.2, 0) is 27.9 Å². The number of carbonyl (C=O) groups excluding carboxylic acids is 2. The Morgan fingerprint density at radius 3 is 1.14 bits per heavy atom. The maximum absolute atomic E-state index is 13.6. The van der Waals surface area contributed by atoms with Crippen molar-refractivity contribution in [2.45, 2.75) is 328 Å². The molecule has 0 aliphatic heterocycles. The van der Waals surface area contributed by atoms with Crippen molar-refractivity contribution in [1.29, 1.82) is 0 Å². The average Bonchev–Trinajstić information content (AvgIpc) is 3.62. The molecule has 0 aliphatic carbocycles. The molecule has 0 saturated carbocycles. The minimum absolute atomic E-state index is 0.0315. The number of hydrogen-bond donors (Lipinski definition) is 2. The summed E-state index contributed by atoms with van der Waals surface area (Å²) in [7, 11) is 1.47. The Kier molecular flexibility index (Phi) is 61.6. The lowest BCUT2D eigenvalue weighted by molar-refractivity contribution is -0.870. The molecule has 85 heavy (non-hydrogen) atoms. The highest BCUT2D eigenvalue weighted by molar-refractivity contribution is 7.47. The van der Waals surface area contributed by atoms with E-state index < -0.39 is 20.0 Å². The van der Waals surface area contributed by atoms with Crippen LogP contribution in [0, 0.1) is 0 Å². The molecule has 0 saturated heterocycles. The highest BCUT2D eigenvalue weighted by Crippen LogP contribution is 2.43. The predicted molar refractivity (Wildman–Crippen MR) is 369 cm³/mol. The highest BCUT2D eigenvalue weighted by Gasteiger charge is 2.30. The Balaban J connectivity index is 5.07. The van der Waals surface area contributed by atoms with Gasteiger partial charge in [0.1, 0.15) is 19.3 Å². The normalized spacial score (nSPS) is 14.1. The van der Waals surface area contributed by atoms with Crippen molar-refractivity contribution >= 4 is 19.7 Å². The molecule has 0 rings (SSSR count). The van der Waals surface area contributed by atoms with E-state index in [2.05, 4.69) is 111 Å². The zero-order valence-electron chi connectivity index (χ0n) is 56.3. The fourth-order valence-corrected chi connectivity index (χ4v) is 10.8. The molecule has 0 spiro atoms. The molecule has 0 radical (unpaired) electrons. The van der Waals surface area contributed by atoms with Gasteiger partial charge in [0.15, 0.2) is 0 Å². The molecule has 0 fully saturated rings. The lowest BCUT2D eigenvalue weighted by Gasteiger charge is -2.27. The van der Waals surface area contributed by atoms with Gasteiger partial charge in [0.25, 0.3) is 0 Å². The maximum Gasteiger partial charge on any atom is 0.472 e. The Bertz CT molecular complexity index is 1780. The van der Waals surface area contributed by atoms with Crippen LogP contribution >= 0.6 is 7.82 Å². The van der Waals surface area contributed by atoms with E-state index in [0.29, 0.717) is 23.9 Å². The van der Waals surface area contributed by atoms with Gasteiger partial charge in [0, 0.05) is 12.8 Å². The number of likely N-dealkylation sites (N-methyl/N-ethyl adjacent to an activating group) is 1. The summed E-state index contributed by atoms with van der Waals surface area (Å²) in [5.41, 5.74) is 0. The minimum atomic E-state index is -4.47. The number of nitrogens with zero attached hydrogens (tertiary/aromatic N) is 1.